The lowest BCUT2D eigenvalue weighted by molar-refractivity contribution is 0.813. The molecule has 0 amide bonds. The maximum Gasteiger partial charge on any atom is 0.138 e. The second-order valence-electron chi connectivity index (χ2n) is 6.62. The molecule has 0 fully saturated rings. The molecule has 0 aromatic rings. The molecule has 0 saturated heterocycles. The molecule has 0 aliphatic heterocycles. The molecule has 0 rings (SSSR count). The molecule has 0 bridgehead atoms. The van der Waals surface area contributed by atoms with Gasteiger partial charge in [0.25, 0.3) is 0 Å². The number of rotatable bonds is 7. The number of allylic oxidation sites excluding steroid dienone is 3. The number of unbranched alkanes of at least 4 members (excludes halogenated alkanes) is 2. The van der Waals surface area contributed by atoms with Crippen LogP contribution in [0.5, 0.6) is 0 Å². The van der Waals surface area contributed by atoms with E-state index in [0.717, 1.165) is 0 Å². The first-order valence-corrected chi connectivity index (χ1v) is 13.7. The summed E-state index contributed by atoms with van der Waals surface area (Å²) in [4.78, 5) is 0. The maximum atomic E-state index is 2.68. The van der Waals surface area contributed by atoms with Crippen molar-refractivity contribution in [2.75, 3.05) is 0 Å². The third-order valence-electron chi connectivity index (χ3n) is 2.65. The third kappa shape index (κ3) is 7.60. The van der Waals surface area contributed by atoms with Crippen molar-refractivity contribution >= 4 is 16.5 Å². The largest absolute Gasteiger partial charge is 0.431 e. The van der Waals surface area contributed by atoms with Gasteiger partial charge in [-0.2, -0.15) is 0 Å². The van der Waals surface area contributed by atoms with Crippen molar-refractivity contribution < 1.29 is 0 Å². The lowest BCUT2D eigenvalue weighted by atomic mass is 10.2. The zero-order valence-electron chi connectivity index (χ0n) is 12.9. The summed E-state index contributed by atoms with van der Waals surface area (Å²) in [5, 5.41) is 0. The molecule has 17 heavy (non-hydrogen) atoms. The molecule has 3 heteroatoms. The standard InChI is InChI=1S/C14H31NSi2/c1-8-9-10-11-12-13-14-15(16(2,3)4)17(5,6)7/h11-14H,8-10H2,1-7H3/b12-11+,14-13+. The van der Waals surface area contributed by atoms with Crippen molar-refractivity contribution in [2.45, 2.75) is 65.5 Å². The van der Waals surface area contributed by atoms with Gasteiger partial charge < -0.3 is 4.23 Å². The van der Waals surface area contributed by atoms with Crippen LogP contribution in [0, 0.1) is 0 Å². The highest BCUT2D eigenvalue weighted by atomic mass is 28.4. The third-order valence-corrected chi connectivity index (χ3v) is 9.87. The average Bonchev–Trinajstić information content (AvgIpc) is 2.12. The molecule has 0 heterocycles. The topological polar surface area (TPSA) is 3.24 Å². The van der Waals surface area contributed by atoms with Gasteiger partial charge in [0.2, 0.25) is 0 Å². The van der Waals surface area contributed by atoms with E-state index in [1.165, 1.54) is 19.3 Å². The Labute approximate surface area is 111 Å². The molecule has 0 aromatic carbocycles. The zero-order chi connectivity index (χ0) is 13.5. The lowest BCUT2D eigenvalue weighted by Crippen LogP contribution is -2.55. The van der Waals surface area contributed by atoms with Gasteiger partial charge in [0.1, 0.15) is 16.5 Å². The molecular formula is C14H31NSi2. The van der Waals surface area contributed by atoms with E-state index >= 15 is 0 Å². The first-order chi connectivity index (χ1) is 7.69. The SMILES string of the molecule is CCCC/C=C/C=C/N([Si](C)(C)C)[Si](C)(C)C. The fourth-order valence-electron chi connectivity index (χ4n) is 2.09. The first kappa shape index (κ1) is 16.7. The molecule has 0 atom stereocenters. The minimum atomic E-state index is -1.22. The number of hydrogen-bond acceptors (Lipinski definition) is 1. The Bertz CT molecular complexity index is 242. The van der Waals surface area contributed by atoms with E-state index in [2.05, 4.69) is 74.9 Å². The van der Waals surface area contributed by atoms with E-state index in [-0.39, 0.29) is 0 Å². The average molecular weight is 270 g/mol. The van der Waals surface area contributed by atoms with Gasteiger partial charge in [0.15, 0.2) is 0 Å². The second kappa shape index (κ2) is 7.22. The van der Waals surface area contributed by atoms with Gasteiger partial charge in [-0.25, -0.2) is 0 Å². The monoisotopic (exact) mass is 269 g/mol. The fraction of sp³-hybridized carbons (Fsp3) is 0.714. The molecule has 0 aromatic heterocycles. The molecule has 0 spiro atoms. The number of nitrogens with zero attached hydrogens (tertiary/aromatic N) is 1. The Kier molecular flexibility index (Phi) is 7.09. The quantitative estimate of drug-likeness (QED) is 0.348. The summed E-state index contributed by atoms with van der Waals surface area (Å²) < 4.78 is 2.68. The maximum absolute atomic E-state index is 2.68. The van der Waals surface area contributed by atoms with E-state index < -0.39 is 16.5 Å². The first-order valence-electron chi connectivity index (χ1n) is 6.82. The van der Waals surface area contributed by atoms with Gasteiger partial charge in [-0.3, -0.25) is 0 Å². The Balaban J connectivity index is 4.46. The molecule has 0 radical (unpaired) electrons. The fourth-order valence-corrected chi connectivity index (χ4v) is 11.2. The van der Waals surface area contributed by atoms with E-state index in [4.69, 9.17) is 0 Å². The van der Waals surface area contributed by atoms with Crippen LogP contribution in [0.1, 0.15) is 26.2 Å². The highest BCUT2D eigenvalue weighted by Gasteiger charge is 2.31. The van der Waals surface area contributed by atoms with Crippen LogP contribution in [-0.4, -0.2) is 20.7 Å². The highest BCUT2D eigenvalue weighted by Crippen LogP contribution is 2.19. The lowest BCUT2D eigenvalue weighted by Gasteiger charge is -2.43. The van der Waals surface area contributed by atoms with Crippen LogP contribution in [0.3, 0.4) is 0 Å². The molecular weight excluding hydrogens is 238 g/mol. The van der Waals surface area contributed by atoms with Crippen molar-refractivity contribution in [2.24, 2.45) is 0 Å². The van der Waals surface area contributed by atoms with Gasteiger partial charge >= 0.3 is 0 Å². The van der Waals surface area contributed by atoms with Crippen molar-refractivity contribution in [3.05, 3.63) is 24.4 Å². The van der Waals surface area contributed by atoms with Crippen LogP contribution in [0.2, 0.25) is 39.3 Å². The molecule has 100 valence electrons. The molecule has 0 saturated carbocycles. The van der Waals surface area contributed by atoms with E-state index in [1.54, 1.807) is 0 Å². The Hall–Kier alpha value is -0.286. The van der Waals surface area contributed by atoms with Crippen LogP contribution in [0.25, 0.3) is 0 Å². The number of hydrogen-bond donors (Lipinski definition) is 0. The summed E-state index contributed by atoms with van der Waals surface area (Å²) in [7, 11) is -2.45. The molecule has 1 nitrogen and oxygen atoms in total. The molecule has 0 aliphatic rings. The minimum absolute atomic E-state index is 1.21. The normalized spacial score (nSPS) is 13.8. The van der Waals surface area contributed by atoms with Crippen LogP contribution in [0.4, 0.5) is 0 Å². The summed E-state index contributed by atoms with van der Waals surface area (Å²) in [5.41, 5.74) is 0. The van der Waals surface area contributed by atoms with Gasteiger partial charge in [0.05, 0.1) is 0 Å². The van der Waals surface area contributed by atoms with Crippen LogP contribution in [-0.2, 0) is 0 Å². The summed E-state index contributed by atoms with van der Waals surface area (Å²) in [5.74, 6) is 0. The van der Waals surface area contributed by atoms with E-state index in [9.17, 15) is 0 Å². The minimum Gasteiger partial charge on any atom is -0.431 e. The molecule has 0 aliphatic carbocycles. The van der Waals surface area contributed by atoms with Crippen LogP contribution >= 0.6 is 0 Å². The van der Waals surface area contributed by atoms with Crippen LogP contribution in [0.15, 0.2) is 24.4 Å². The van der Waals surface area contributed by atoms with Gasteiger partial charge in [-0.1, -0.05) is 71.2 Å². The van der Waals surface area contributed by atoms with Gasteiger partial charge in [-0.15, -0.1) is 0 Å². The van der Waals surface area contributed by atoms with Gasteiger partial charge in [0, 0.05) is 0 Å². The van der Waals surface area contributed by atoms with Gasteiger partial charge in [-0.05, 0) is 18.7 Å². The summed E-state index contributed by atoms with van der Waals surface area (Å²) in [6.45, 7) is 16.8. The Morgan fingerprint density at radius 2 is 1.41 bits per heavy atom. The predicted molar refractivity (Wildman–Crippen MR) is 86.3 cm³/mol. The van der Waals surface area contributed by atoms with Crippen molar-refractivity contribution in [1.82, 2.24) is 4.23 Å². The summed E-state index contributed by atoms with van der Waals surface area (Å²) in [6, 6.07) is 0. The summed E-state index contributed by atoms with van der Waals surface area (Å²) in [6.07, 6.45) is 12.9. The van der Waals surface area contributed by atoms with E-state index in [1.807, 2.05) is 0 Å². The van der Waals surface area contributed by atoms with E-state index in [0.29, 0.717) is 0 Å². The molecule has 0 N–H and O–H groups in total. The predicted octanol–water partition coefficient (Wildman–Crippen LogP) is 5.22. The smallest absolute Gasteiger partial charge is 0.138 e. The Morgan fingerprint density at radius 3 is 1.82 bits per heavy atom. The summed E-state index contributed by atoms with van der Waals surface area (Å²) >= 11 is 0. The van der Waals surface area contributed by atoms with Crippen molar-refractivity contribution in [1.29, 1.82) is 0 Å². The van der Waals surface area contributed by atoms with Crippen molar-refractivity contribution in [3.8, 4) is 0 Å². The van der Waals surface area contributed by atoms with Crippen molar-refractivity contribution in [3.63, 3.8) is 0 Å². The highest BCUT2D eigenvalue weighted by molar-refractivity contribution is 6.89. The molecule has 0 unspecified atom stereocenters. The Morgan fingerprint density at radius 1 is 0.882 bits per heavy atom. The zero-order valence-corrected chi connectivity index (χ0v) is 14.9. The van der Waals surface area contributed by atoms with Crippen LogP contribution < -0.4 is 0 Å². The second-order valence-corrected chi connectivity index (χ2v) is 16.7.